The quantitative estimate of drug-likeness (QED) is 0.634. The lowest BCUT2D eigenvalue weighted by Gasteiger charge is -2.59. The molecule has 152 valence electrons. The average Bonchev–Trinajstić information content (AvgIpc) is 3.00. The normalized spacial score (nSPS) is 48.4. The second-order valence-corrected chi connectivity index (χ2v) is 10.3. The van der Waals surface area contributed by atoms with Crippen molar-refractivity contribution in [1.82, 2.24) is 0 Å². The highest BCUT2D eigenvalue weighted by Gasteiger charge is 2.59. The van der Waals surface area contributed by atoms with Gasteiger partial charge in [0.05, 0.1) is 12.7 Å². The Kier molecular flexibility index (Phi) is 5.08. The molecule has 0 aromatic rings. The summed E-state index contributed by atoms with van der Waals surface area (Å²) in [6.07, 6.45) is 11.7. The van der Waals surface area contributed by atoms with E-state index in [4.69, 9.17) is 0 Å². The molecule has 27 heavy (non-hydrogen) atoms. The highest BCUT2D eigenvalue weighted by atomic mass is 19.1. The van der Waals surface area contributed by atoms with E-state index in [9.17, 15) is 14.6 Å². The third-order valence-corrected chi connectivity index (χ3v) is 9.12. The third kappa shape index (κ3) is 2.87. The fourth-order valence-corrected chi connectivity index (χ4v) is 7.77. The minimum atomic E-state index is -0.441. The van der Waals surface area contributed by atoms with Crippen molar-refractivity contribution in [2.45, 2.75) is 84.7 Å². The molecule has 7 atom stereocenters. The van der Waals surface area contributed by atoms with Gasteiger partial charge < -0.3 is 10.2 Å². The second kappa shape index (κ2) is 6.99. The monoisotopic (exact) mass is 376 g/mol. The number of halogens is 1. The Balaban J connectivity index is 1.76. The summed E-state index contributed by atoms with van der Waals surface area (Å²) >= 11 is 0. The largest absolute Gasteiger partial charge is 0.393 e. The molecule has 4 rings (SSSR count). The maximum absolute atomic E-state index is 14.5. The van der Waals surface area contributed by atoms with Crippen LogP contribution in [0.5, 0.6) is 0 Å². The van der Waals surface area contributed by atoms with Gasteiger partial charge in [-0.1, -0.05) is 38.8 Å². The highest BCUT2D eigenvalue weighted by Crippen LogP contribution is 2.67. The van der Waals surface area contributed by atoms with Crippen molar-refractivity contribution in [2.75, 3.05) is 6.61 Å². The van der Waals surface area contributed by atoms with Crippen molar-refractivity contribution in [3.63, 3.8) is 0 Å². The van der Waals surface area contributed by atoms with Crippen LogP contribution in [0.2, 0.25) is 0 Å². The van der Waals surface area contributed by atoms with Crippen molar-refractivity contribution in [2.24, 2.45) is 34.5 Å². The molecule has 2 nitrogen and oxygen atoms in total. The minimum Gasteiger partial charge on any atom is -0.393 e. The smallest absolute Gasteiger partial charge is 0.125 e. The molecule has 0 heterocycles. The van der Waals surface area contributed by atoms with E-state index in [2.05, 4.69) is 26.8 Å². The lowest BCUT2D eigenvalue weighted by Crippen LogP contribution is -2.52. The van der Waals surface area contributed by atoms with Crippen LogP contribution in [0.3, 0.4) is 0 Å². The fraction of sp³-hybridized carbons (Fsp3) is 0.833. The number of hydrogen-bond acceptors (Lipinski definition) is 2. The number of hydrogen-bond donors (Lipinski definition) is 2. The summed E-state index contributed by atoms with van der Waals surface area (Å²) in [4.78, 5) is 0. The van der Waals surface area contributed by atoms with Crippen LogP contribution in [0.15, 0.2) is 23.0 Å². The molecule has 0 aromatic carbocycles. The van der Waals surface area contributed by atoms with Gasteiger partial charge >= 0.3 is 0 Å². The van der Waals surface area contributed by atoms with Gasteiger partial charge in [0.15, 0.2) is 0 Å². The van der Waals surface area contributed by atoms with E-state index in [1.807, 2.05) is 0 Å². The Morgan fingerprint density at radius 2 is 1.85 bits per heavy atom. The molecule has 0 radical (unpaired) electrons. The summed E-state index contributed by atoms with van der Waals surface area (Å²) in [5.41, 5.74) is 2.58. The molecule has 3 fully saturated rings. The lowest BCUT2D eigenvalue weighted by atomic mass is 9.45. The Morgan fingerprint density at radius 3 is 2.56 bits per heavy atom. The Bertz CT molecular complexity index is 653. The van der Waals surface area contributed by atoms with E-state index in [-0.39, 0.29) is 22.8 Å². The molecule has 0 saturated heterocycles. The zero-order valence-electron chi connectivity index (χ0n) is 17.3. The van der Waals surface area contributed by atoms with Crippen LogP contribution in [-0.4, -0.2) is 22.9 Å². The summed E-state index contributed by atoms with van der Waals surface area (Å²) in [6, 6.07) is 0. The van der Waals surface area contributed by atoms with E-state index >= 15 is 0 Å². The van der Waals surface area contributed by atoms with Crippen molar-refractivity contribution >= 4 is 0 Å². The first kappa shape index (κ1) is 19.6. The van der Waals surface area contributed by atoms with E-state index in [1.54, 1.807) is 0 Å². The number of allylic oxidation sites excluding steroid dienone is 2. The predicted molar refractivity (Wildman–Crippen MR) is 107 cm³/mol. The lowest BCUT2D eigenvalue weighted by molar-refractivity contribution is -0.0507. The molecule has 4 aliphatic rings. The first-order valence-electron chi connectivity index (χ1n) is 11.2. The van der Waals surface area contributed by atoms with E-state index in [0.29, 0.717) is 23.7 Å². The molecule has 0 aliphatic heterocycles. The highest BCUT2D eigenvalue weighted by molar-refractivity contribution is 5.31. The summed E-state index contributed by atoms with van der Waals surface area (Å²) in [6.45, 7) is 6.56. The van der Waals surface area contributed by atoms with Crippen LogP contribution in [-0.2, 0) is 0 Å². The Morgan fingerprint density at radius 1 is 1.15 bits per heavy atom. The van der Waals surface area contributed by atoms with Crippen LogP contribution in [0, 0.1) is 34.5 Å². The van der Waals surface area contributed by atoms with Crippen LogP contribution in [0.25, 0.3) is 0 Å². The molecule has 0 unspecified atom stereocenters. The van der Waals surface area contributed by atoms with Crippen LogP contribution in [0.1, 0.15) is 78.6 Å². The van der Waals surface area contributed by atoms with Gasteiger partial charge in [0.2, 0.25) is 0 Å². The van der Waals surface area contributed by atoms with Gasteiger partial charge in [0, 0.05) is 0 Å². The van der Waals surface area contributed by atoms with Gasteiger partial charge in [-0.25, -0.2) is 4.39 Å². The maximum Gasteiger partial charge on any atom is 0.125 e. The number of fused-ring (bicyclic) bond motifs is 5. The number of aliphatic hydroxyl groups is 2. The molecular formula is C24H37FO2. The predicted octanol–water partition coefficient (Wildman–Crippen LogP) is 5.55. The Labute approximate surface area is 163 Å². The summed E-state index contributed by atoms with van der Waals surface area (Å²) < 4.78 is 14.5. The standard InChI is InChI=1S/C24H37FO2/c1-4-5-15-12-16-13-17(27)8-10-23(16,2)20-9-11-24(3)18(21(25)14-26)6-7-19(24)22(15)20/h12,15,17,19-20,22,26-27H,4-11,13-14H2,1-3H3/t15-,17+,19+,20+,22+,23+,24-/m1/s1. The topological polar surface area (TPSA) is 40.5 Å². The van der Waals surface area contributed by atoms with Crippen molar-refractivity contribution < 1.29 is 14.6 Å². The van der Waals surface area contributed by atoms with Gasteiger partial charge in [-0.2, -0.15) is 0 Å². The SMILES string of the molecule is CCC[C@@H]1C=C2C[C@@H](O)CC[C@]2(C)[C@H]2CC[C@]3(C)C(=C(F)CO)CC[C@H]3[C@H]12. The van der Waals surface area contributed by atoms with E-state index in [1.165, 1.54) is 18.4 Å². The molecule has 3 saturated carbocycles. The molecular weight excluding hydrogens is 339 g/mol. The first-order chi connectivity index (χ1) is 12.8. The van der Waals surface area contributed by atoms with E-state index in [0.717, 1.165) is 50.5 Å². The van der Waals surface area contributed by atoms with Crippen molar-refractivity contribution in [1.29, 1.82) is 0 Å². The van der Waals surface area contributed by atoms with Gasteiger partial charge in [-0.15, -0.1) is 0 Å². The zero-order valence-corrected chi connectivity index (χ0v) is 17.3. The van der Waals surface area contributed by atoms with Crippen LogP contribution < -0.4 is 0 Å². The fourth-order valence-electron chi connectivity index (χ4n) is 7.77. The molecule has 3 heteroatoms. The van der Waals surface area contributed by atoms with Crippen molar-refractivity contribution in [3.05, 3.63) is 23.0 Å². The molecule has 0 spiro atoms. The molecule has 4 aliphatic carbocycles. The van der Waals surface area contributed by atoms with Crippen LogP contribution in [0.4, 0.5) is 4.39 Å². The zero-order chi connectivity index (χ0) is 19.4. The summed E-state index contributed by atoms with van der Waals surface area (Å²) in [7, 11) is 0. The molecule has 2 N–H and O–H groups in total. The Hall–Kier alpha value is -0.670. The van der Waals surface area contributed by atoms with Gasteiger partial charge in [-0.05, 0) is 91.4 Å². The maximum atomic E-state index is 14.5. The first-order valence-corrected chi connectivity index (χ1v) is 11.2. The molecule has 0 bridgehead atoms. The third-order valence-electron chi connectivity index (χ3n) is 9.12. The molecule has 0 amide bonds. The van der Waals surface area contributed by atoms with Gasteiger partial charge in [0.25, 0.3) is 0 Å². The average molecular weight is 377 g/mol. The van der Waals surface area contributed by atoms with Crippen LogP contribution >= 0.6 is 0 Å². The molecule has 0 aromatic heterocycles. The second-order valence-electron chi connectivity index (χ2n) is 10.3. The summed E-state index contributed by atoms with van der Waals surface area (Å²) in [5.74, 6) is 2.12. The summed E-state index contributed by atoms with van der Waals surface area (Å²) in [5, 5.41) is 19.7. The van der Waals surface area contributed by atoms with Gasteiger partial charge in [-0.3, -0.25) is 0 Å². The minimum absolute atomic E-state index is 0.0736. The van der Waals surface area contributed by atoms with Crippen molar-refractivity contribution in [3.8, 4) is 0 Å². The number of rotatable bonds is 3. The van der Waals surface area contributed by atoms with Gasteiger partial charge in [0.1, 0.15) is 5.83 Å². The van der Waals surface area contributed by atoms with E-state index < -0.39 is 6.61 Å². The number of aliphatic hydroxyl groups excluding tert-OH is 2.